The van der Waals surface area contributed by atoms with Crippen LogP contribution in [0.1, 0.15) is 18.9 Å². The molecule has 2 heterocycles. The molecule has 0 unspecified atom stereocenters. The summed E-state index contributed by atoms with van der Waals surface area (Å²) in [5.74, 6) is -0.418. The maximum Gasteiger partial charge on any atom is 0.335 e. The molecule has 1 fully saturated rings. The van der Waals surface area contributed by atoms with E-state index in [0.717, 1.165) is 37.3 Å². The molecule has 1 aromatic carbocycles. The van der Waals surface area contributed by atoms with E-state index in [0.29, 0.717) is 29.4 Å². The Morgan fingerprint density at radius 3 is 2.54 bits per heavy atom. The summed E-state index contributed by atoms with van der Waals surface area (Å²) in [5.41, 5.74) is -0.463. The summed E-state index contributed by atoms with van der Waals surface area (Å²) in [7, 11) is 0. The van der Waals surface area contributed by atoms with Crippen molar-refractivity contribution in [3.63, 3.8) is 0 Å². The zero-order valence-corrected chi connectivity index (χ0v) is 16.5. The Morgan fingerprint density at radius 1 is 1.21 bits per heavy atom. The standard InChI is InChI=1S/C19H24ClN5O3/c1-2-15(22-9-12-24-10-7-21-8-11-24)16-17(26)23-19(28)25(18(16)27)14-5-3-13(20)4-6-14/h3-6,21,27H,2,7-12H2,1H3,(H,23,26,28). The highest BCUT2D eigenvalue weighted by Crippen LogP contribution is 2.19. The minimum Gasteiger partial charge on any atom is -0.493 e. The van der Waals surface area contributed by atoms with Crippen molar-refractivity contribution < 1.29 is 5.11 Å². The van der Waals surface area contributed by atoms with Gasteiger partial charge in [-0.2, -0.15) is 0 Å². The van der Waals surface area contributed by atoms with Crippen molar-refractivity contribution in [2.45, 2.75) is 13.3 Å². The van der Waals surface area contributed by atoms with Gasteiger partial charge in [-0.25, -0.2) is 9.36 Å². The van der Waals surface area contributed by atoms with Crippen LogP contribution in [0.5, 0.6) is 5.88 Å². The van der Waals surface area contributed by atoms with E-state index in [9.17, 15) is 14.7 Å². The first-order chi connectivity index (χ1) is 13.5. The molecule has 150 valence electrons. The average molecular weight is 406 g/mol. The molecule has 0 radical (unpaired) electrons. The molecular weight excluding hydrogens is 382 g/mol. The van der Waals surface area contributed by atoms with E-state index < -0.39 is 17.1 Å². The lowest BCUT2D eigenvalue weighted by Crippen LogP contribution is -2.44. The molecule has 8 nitrogen and oxygen atoms in total. The number of hydrogen-bond acceptors (Lipinski definition) is 6. The van der Waals surface area contributed by atoms with Crippen LogP contribution in [0.4, 0.5) is 0 Å². The Bertz CT molecular complexity index is 959. The Labute approximate surface area is 167 Å². The second-order valence-electron chi connectivity index (χ2n) is 6.54. The number of halogens is 1. The van der Waals surface area contributed by atoms with E-state index >= 15 is 0 Å². The molecule has 0 aliphatic carbocycles. The van der Waals surface area contributed by atoms with Gasteiger partial charge in [-0.15, -0.1) is 0 Å². The number of H-pyrrole nitrogens is 1. The maximum atomic E-state index is 12.4. The summed E-state index contributed by atoms with van der Waals surface area (Å²) in [4.78, 5) is 33.8. The lowest BCUT2D eigenvalue weighted by atomic mass is 10.1. The van der Waals surface area contributed by atoms with Crippen molar-refractivity contribution >= 4 is 17.3 Å². The second-order valence-corrected chi connectivity index (χ2v) is 6.98. The number of piperazine rings is 1. The fourth-order valence-corrected chi connectivity index (χ4v) is 3.37. The number of nitrogens with zero attached hydrogens (tertiary/aromatic N) is 3. The fraction of sp³-hybridized carbons (Fsp3) is 0.421. The summed E-state index contributed by atoms with van der Waals surface area (Å²) < 4.78 is 1.05. The molecule has 1 aliphatic heterocycles. The monoisotopic (exact) mass is 405 g/mol. The highest BCUT2D eigenvalue weighted by Gasteiger charge is 2.19. The highest BCUT2D eigenvalue weighted by atomic mass is 35.5. The van der Waals surface area contributed by atoms with Crippen LogP contribution in [-0.4, -0.2) is 64.5 Å². The number of aromatic amines is 1. The summed E-state index contributed by atoms with van der Waals surface area (Å²) in [6.45, 7) is 6.99. The van der Waals surface area contributed by atoms with Crippen molar-refractivity contribution in [2.24, 2.45) is 4.99 Å². The summed E-state index contributed by atoms with van der Waals surface area (Å²) in [6, 6.07) is 6.41. The highest BCUT2D eigenvalue weighted by molar-refractivity contribution is 6.30. The predicted molar refractivity (Wildman–Crippen MR) is 110 cm³/mol. The molecule has 0 spiro atoms. The van der Waals surface area contributed by atoms with Crippen LogP contribution in [-0.2, 0) is 0 Å². The van der Waals surface area contributed by atoms with Gasteiger partial charge < -0.3 is 10.4 Å². The van der Waals surface area contributed by atoms with Crippen molar-refractivity contribution in [2.75, 3.05) is 39.3 Å². The quantitative estimate of drug-likeness (QED) is 0.622. The number of rotatable bonds is 6. The van der Waals surface area contributed by atoms with E-state index in [1.54, 1.807) is 24.3 Å². The summed E-state index contributed by atoms with van der Waals surface area (Å²) in [6.07, 6.45) is 0.455. The van der Waals surface area contributed by atoms with Crippen LogP contribution in [0.3, 0.4) is 0 Å². The number of hydrogen-bond donors (Lipinski definition) is 3. The first-order valence-electron chi connectivity index (χ1n) is 9.32. The average Bonchev–Trinajstić information content (AvgIpc) is 2.68. The van der Waals surface area contributed by atoms with Crippen molar-refractivity contribution in [1.82, 2.24) is 19.8 Å². The van der Waals surface area contributed by atoms with Gasteiger partial charge >= 0.3 is 5.69 Å². The molecule has 2 aromatic rings. The zero-order chi connectivity index (χ0) is 20.1. The first-order valence-corrected chi connectivity index (χ1v) is 9.70. The SMILES string of the molecule is CCC(=NCCN1CCNCC1)c1c(O)n(-c2ccc(Cl)cc2)c(=O)[nH]c1=O. The van der Waals surface area contributed by atoms with Gasteiger partial charge in [-0.3, -0.25) is 19.7 Å². The Balaban J connectivity index is 1.93. The minimum atomic E-state index is -0.718. The fourth-order valence-electron chi connectivity index (χ4n) is 3.24. The topological polar surface area (TPSA) is 103 Å². The van der Waals surface area contributed by atoms with Crippen LogP contribution in [0, 0.1) is 0 Å². The van der Waals surface area contributed by atoms with E-state index in [2.05, 4.69) is 20.2 Å². The number of nitrogens with one attached hydrogen (secondary N) is 2. The van der Waals surface area contributed by atoms with E-state index in [1.165, 1.54) is 0 Å². The second kappa shape index (κ2) is 9.18. The molecule has 0 bridgehead atoms. The molecule has 0 saturated carbocycles. The molecule has 1 aliphatic rings. The lowest BCUT2D eigenvalue weighted by Gasteiger charge is -2.26. The van der Waals surface area contributed by atoms with Gasteiger partial charge in [0.1, 0.15) is 5.56 Å². The van der Waals surface area contributed by atoms with E-state index in [-0.39, 0.29) is 5.56 Å². The van der Waals surface area contributed by atoms with Crippen LogP contribution < -0.4 is 16.6 Å². The van der Waals surface area contributed by atoms with Crippen molar-refractivity contribution in [3.05, 3.63) is 55.7 Å². The van der Waals surface area contributed by atoms with Crippen molar-refractivity contribution in [1.29, 1.82) is 0 Å². The zero-order valence-electron chi connectivity index (χ0n) is 15.7. The molecule has 3 N–H and O–H groups in total. The maximum absolute atomic E-state index is 12.4. The van der Waals surface area contributed by atoms with Gasteiger partial charge in [0.15, 0.2) is 0 Å². The normalized spacial score (nSPS) is 15.7. The molecule has 0 amide bonds. The smallest absolute Gasteiger partial charge is 0.335 e. The first kappa shape index (κ1) is 20.3. The molecule has 3 rings (SSSR count). The minimum absolute atomic E-state index is 0.0253. The number of benzene rings is 1. The van der Waals surface area contributed by atoms with Crippen LogP contribution >= 0.6 is 11.6 Å². The molecule has 0 atom stereocenters. The molecule has 28 heavy (non-hydrogen) atoms. The van der Waals surface area contributed by atoms with E-state index in [1.807, 2.05) is 6.92 Å². The lowest BCUT2D eigenvalue weighted by molar-refractivity contribution is 0.247. The molecular formula is C19H24ClN5O3. The van der Waals surface area contributed by atoms with Gasteiger partial charge in [-0.05, 0) is 30.7 Å². The van der Waals surface area contributed by atoms with Crippen LogP contribution in [0.2, 0.25) is 5.02 Å². The Kier molecular flexibility index (Phi) is 6.66. The largest absolute Gasteiger partial charge is 0.493 e. The number of aliphatic imine (C=N–C) groups is 1. The van der Waals surface area contributed by atoms with Gasteiger partial charge in [0, 0.05) is 37.7 Å². The van der Waals surface area contributed by atoms with Gasteiger partial charge in [0.05, 0.1) is 17.9 Å². The third-order valence-corrected chi connectivity index (χ3v) is 4.97. The van der Waals surface area contributed by atoms with Gasteiger partial charge in [-0.1, -0.05) is 18.5 Å². The van der Waals surface area contributed by atoms with Gasteiger partial charge in [0.2, 0.25) is 5.88 Å². The van der Waals surface area contributed by atoms with Crippen LogP contribution in [0.15, 0.2) is 38.8 Å². The number of aromatic hydroxyl groups is 1. The Hall–Kier alpha value is -2.42. The molecule has 1 aromatic heterocycles. The summed E-state index contributed by atoms with van der Waals surface area (Å²) in [5, 5.41) is 14.5. The number of aromatic nitrogens is 2. The van der Waals surface area contributed by atoms with Crippen LogP contribution in [0.25, 0.3) is 5.69 Å². The third-order valence-electron chi connectivity index (χ3n) is 4.72. The van der Waals surface area contributed by atoms with Gasteiger partial charge in [0.25, 0.3) is 5.56 Å². The van der Waals surface area contributed by atoms with E-state index in [4.69, 9.17) is 11.6 Å². The Morgan fingerprint density at radius 2 is 1.89 bits per heavy atom. The molecule has 1 saturated heterocycles. The third kappa shape index (κ3) is 4.52. The molecule has 9 heteroatoms. The summed E-state index contributed by atoms with van der Waals surface area (Å²) >= 11 is 5.89. The van der Waals surface area contributed by atoms with Crippen molar-refractivity contribution in [3.8, 4) is 11.6 Å². The predicted octanol–water partition coefficient (Wildman–Crippen LogP) is 0.989.